The van der Waals surface area contributed by atoms with Crippen LogP contribution in [0.4, 0.5) is 0 Å². The number of hydrazone groups is 1. The quantitative estimate of drug-likeness (QED) is 0.286. The predicted molar refractivity (Wildman–Crippen MR) is 118 cm³/mol. The zero-order chi connectivity index (χ0) is 22.2. The molecule has 0 saturated heterocycles. The van der Waals surface area contributed by atoms with Gasteiger partial charge in [0, 0.05) is 5.82 Å². The number of hydrogen-bond donors (Lipinski definition) is 1. The van der Waals surface area contributed by atoms with Crippen molar-refractivity contribution in [2.24, 2.45) is 11.0 Å². The van der Waals surface area contributed by atoms with E-state index in [9.17, 15) is 13.0 Å². The molecule has 1 rings (SSSR count). The number of benzene rings is 1. The van der Waals surface area contributed by atoms with Gasteiger partial charge < -0.3 is 9.05 Å². The molecule has 164 valence electrons. The fraction of sp³-hybridized carbons (Fsp3) is 0.550. The highest BCUT2D eigenvalue weighted by molar-refractivity contribution is 7.89. The molecule has 0 unspecified atom stereocenters. The Morgan fingerprint density at radius 1 is 1.07 bits per heavy atom. The standard InChI is InChI=1S/C20H33N2O5PS/c1-15(2)14-19(12-13-28(23,26-16(3)4)27-17(5)6)21-22-29(24,25)20-10-8-18(7)9-11-20/h8-13,15-17,22H,14H2,1-7H3/b13-12+,21-19-. The summed E-state index contributed by atoms with van der Waals surface area (Å²) in [5.74, 6) is 1.55. The second kappa shape index (κ2) is 11.1. The highest BCUT2D eigenvalue weighted by Crippen LogP contribution is 2.52. The average molecular weight is 445 g/mol. The topological polar surface area (TPSA) is 94.1 Å². The minimum absolute atomic E-state index is 0.122. The number of aryl methyl sites for hydroxylation is 1. The van der Waals surface area contributed by atoms with Crippen molar-refractivity contribution in [3.63, 3.8) is 0 Å². The van der Waals surface area contributed by atoms with E-state index in [1.54, 1.807) is 39.8 Å². The molecule has 0 saturated carbocycles. The summed E-state index contributed by atoms with van der Waals surface area (Å²) in [7, 11) is -7.30. The Labute approximate surface area is 175 Å². The van der Waals surface area contributed by atoms with Crippen molar-refractivity contribution >= 4 is 23.3 Å². The third-order valence-electron chi connectivity index (χ3n) is 3.42. The van der Waals surface area contributed by atoms with E-state index in [4.69, 9.17) is 9.05 Å². The molecule has 0 heterocycles. The van der Waals surface area contributed by atoms with Crippen molar-refractivity contribution < 1.29 is 22.0 Å². The first kappa shape index (κ1) is 25.6. The van der Waals surface area contributed by atoms with E-state index in [1.165, 1.54) is 24.0 Å². The molecule has 1 aromatic rings. The molecule has 7 nitrogen and oxygen atoms in total. The van der Waals surface area contributed by atoms with Crippen molar-refractivity contribution in [3.05, 3.63) is 41.7 Å². The molecule has 0 spiro atoms. The molecule has 29 heavy (non-hydrogen) atoms. The molecular weight excluding hydrogens is 411 g/mol. The fourth-order valence-electron chi connectivity index (χ4n) is 2.32. The SMILES string of the molecule is Cc1ccc(S(=O)(=O)N/N=C(/C=C/P(=O)(OC(C)C)OC(C)C)CC(C)C)cc1. The summed E-state index contributed by atoms with van der Waals surface area (Å²) >= 11 is 0. The number of rotatable bonds is 11. The van der Waals surface area contributed by atoms with Gasteiger partial charge in [0.1, 0.15) is 0 Å². The number of allylic oxidation sites excluding steroid dienone is 1. The van der Waals surface area contributed by atoms with Crippen molar-refractivity contribution in [2.75, 3.05) is 0 Å². The molecule has 0 aliphatic rings. The first-order chi connectivity index (χ1) is 13.3. The predicted octanol–water partition coefficient (Wildman–Crippen LogP) is 5.23. The Morgan fingerprint density at radius 2 is 1.59 bits per heavy atom. The maximum absolute atomic E-state index is 13.0. The van der Waals surface area contributed by atoms with Gasteiger partial charge in [-0.3, -0.25) is 4.57 Å². The number of sulfonamides is 1. The molecule has 0 atom stereocenters. The van der Waals surface area contributed by atoms with Crippen LogP contribution in [0, 0.1) is 12.8 Å². The van der Waals surface area contributed by atoms with Crippen LogP contribution in [0.15, 0.2) is 46.2 Å². The summed E-state index contributed by atoms with van der Waals surface area (Å²) in [5, 5.41) is 4.06. The van der Waals surface area contributed by atoms with Crippen molar-refractivity contribution in [2.45, 2.75) is 72.0 Å². The fourth-order valence-corrected chi connectivity index (χ4v) is 4.88. The van der Waals surface area contributed by atoms with Crippen molar-refractivity contribution in [1.29, 1.82) is 0 Å². The summed E-state index contributed by atoms with van der Waals surface area (Å²) in [4.78, 5) is 2.38. The van der Waals surface area contributed by atoms with Gasteiger partial charge >= 0.3 is 7.60 Å². The highest BCUT2D eigenvalue weighted by atomic mass is 32.2. The normalized spacial score (nSPS) is 13.8. The molecule has 0 aliphatic carbocycles. The Morgan fingerprint density at radius 3 is 2.03 bits per heavy atom. The molecule has 9 heteroatoms. The molecular formula is C20H33N2O5PS. The maximum atomic E-state index is 13.0. The number of hydrogen-bond acceptors (Lipinski definition) is 6. The smallest absolute Gasteiger partial charge is 0.303 e. The van der Waals surface area contributed by atoms with E-state index in [0.717, 1.165) is 5.56 Å². The summed E-state index contributed by atoms with van der Waals surface area (Å²) < 4.78 is 48.9. The molecule has 0 fully saturated rings. The lowest BCUT2D eigenvalue weighted by Gasteiger charge is -2.20. The van der Waals surface area contributed by atoms with E-state index >= 15 is 0 Å². The molecule has 0 radical (unpaired) electrons. The third-order valence-corrected chi connectivity index (χ3v) is 6.59. The first-order valence-electron chi connectivity index (χ1n) is 9.64. The number of nitrogens with one attached hydrogen (secondary N) is 1. The number of nitrogens with zero attached hydrogens (tertiary/aromatic N) is 1. The zero-order valence-electron chi connectivity index (χ0n) is 18.2. The average Bonchev–Trinajstić information content (AvgIpc) is 2.56. The summed E-state index contributed by atoms with van der Waals surface area (Å²) in [6.45, 7) is 12.9. The van der Waals surface area contributed by atoms with Gasteiger partial charge in [-0.2, -0.15) is 18.4 Å². The van der Waals surface area contributed by atoms with Gasteiger partial charge in [0.2, 0.25) is 0 Å². The van der Waals surface area contributed by atoms with E-state index < -0.39 is 17.6 Å². The lowest BCUT2D eigenvalue weighted by Crippen LogP contribution is -2.20. The molecule has 0 aliphatic heterocycles. The van der Waals surface area contributed by atoms with Crippen LogP contribution in [-0.2, 0) is 23.6 Å². The Hall–Kier alpha value is -1.47. The van der Waals surface area contributed by atoms with Crippen LogP contribution in [0.3, 0.4) is 0 Å². The summed E-state index contributed by atoms with van der Waals surface area (Å²) in [6, 6.07) is 6.48. The van der Waals surface area contributed by atoms with Crippen LogP contribution in [-0.4, -0.2) is 26.3 Å². The van der Waals surface area contributed by atoms with Gasteiger partial charge in [-0.25, -0.2) is 0 Å². The minimum atomic E-state index is -3.80. The van der Waals surface area contributed by atoms with Gasteiger partial charge in [-0.1, -0.05) is 31.5 Å². The van der Waals surface area contributed by atoms with Gasteiger partial charge in [0.15, 0.2) is 0 Å². The second-order valence-corrected chi connectivity index (χ2v) is 11.2. The van der Waals surface area contributed by atoms with E-state index in [1.807, 2.05) is 20.8 Å². The van der Waals surface area contributed by atoms with Crippen LogP contribution >= 0.6 is 7.60 Å². The third kappa shape index (κ3) is 9.72. The second-order valence-electron chi connectivity index (χ2n) is 7.77. The van der Waals surface area contributed by atoms with Gasteiger partial charge in [0.05, 0.1) is 22.8 Å². The monoisotopic (exact) mass is 444 g/mol. The molecule has 1 N–H and O–H groups in total. The minimum Gasteiger partial charge on any atom is -0.303 e. The Balaban J connectivity index is 3.12. The van der Waals surface area contributed by atoms with Gasteiger partial charge in [-0.05, 0) is 65.2 Å². The van der Waals surface area contributed by atoms with Crippen LogP contribution < -0.4 is 4.83 Å². The van der Waals surface area contributed by atoms with Crippen LogP contribution in [0.25, 0.3) is 0 Å². The van der Waals surface area contributed by atoms with Crippen LogP contribution in [0.2, 0.25) is 0 Å². The van der Waals surface area contributed by atoms with Crippen molar-refractivity contribution in [3.8, 4) is 0 Å². The van der Waals surface area contributed by atoms with Crippen molar-refractivity contribution in [1.82, 2.24) is 4.83 Å². The summed E-state index contributed by atoms with van der Waals surface area (Å²) in [6.07, 6.45) is 1.39. The Kier molecular flexibility index (Phi) is 9.76. The summed E-state index contributed by atoms with van der Waals surface area (Å²) in [5.41, 5.74) is 1.39. The molecule has 0 amide bonds. The largest absolute Gasteiger partial charge is 0.354 e. The van der Waals surface area contributed by atoms with Gasteiger partial charge in [0.25, 0.3) is 10.0 Å². The lowest BCUT2D eigenvalue weighted by molar-refractivity contribution is 0.149. The van der Waals surface area contributed by atoms with Crippen LogP contribution in [0.1, 0.15) is 53.5 Å². The first-order valence-corrected chi connectivity index (χ1v) is 12.7. The van der Waals surface area contributed by atoms with Gasteiger partial charge in [-0.15, -0.1) is 0 Å². The molecule has 0 aromatic heterocycles. The van der Waals surface area contributed by atoms with E-state index in [0.29, 0.717) is 12.1 Å². The highest BCUT2D eigenvalue weighted by Gasteiger charge is 2.24. The van der Waals surface area contributed by atoms with E-state index in [-0.39, 0.29) is 23.0 Å². The molecule has 1 aromatic carbocycles. The zero-order valence-corrected chi connectivity index (χ0v) is 20.0. The van der Waals surface area contributed by atoms with E-state index in [2.05, 4.69) is 9.93 Å². The molecule has 0 bridgehead atoms. The Bertz CT molecular complexity index is 845. The maximum Gasteiger partial charge on any atom is 0.354 e. The van der Waals surface area contributed by atoms with Crippen LogP contribution in [0.5, 0.6) is 0 Å². The lowest BCUT2D eigenvalue weighted by atomic mass is 10.1.